The number of ether oxygens (including phenoxy) is 1. The zero-order chi connectivity index (χ0) is 17.9. The van der Waals surface area contributed by atoms with Gasteiger partial charge in [0.15, 0.2) is 9.84 Å². The van der Waals surface area contributed by atoms with Crippen LogP contribution in [-0.2, 0) is 14.6 Å². The second kappa shape index (κ2) is 8.89. The largest absolute Gasteiger partial charge is 0.378 e. The van der Waals surface area contributed by atoms with Crippen LogP contribution in [0.25, 0.3) is 0 Å². The van der Waals surface area contributed by atoms with Gasteiger partial charge in [-0.1, -0.05) is 0 Å². The lowest BCUT2D eigenvalue weighted by Crippen LogP contribution is -2.62. The minimum atomic E-state index is -2.99. The second-order valence-electron chi connectivity index (χ2n) is 7.71. The normalized spacial score (nSPS) is 40.2. The van der Waals surface area contributed by atoms with E-state index in [1.807, 2.05) is 0 Å². The van der Waals surface area contributed by atoms with Gasteiger partial charge >= 0.3 is 0 Å². The van der Waals surface area contributed by atoms with Crippen LogP contribution in [0.4, 0.5) is 0 Å². The minimum absolute atomic E-state index is 0.192. The van der Waals surface area contributed by atoms with Gasteiger partial charge in [-0.05, 0) is 50.2 Å². The Kier molecular flexibility index (Phi) is 7.07. The van der Waals surface area contributed by atoms with Gasteiger partial charge in [-0.15, -0.1) is 0 Å². The molecule has 0 aromatic heterocycles. The fourth-order valence-electron chi connectivity index (χ4n) is 4.37. The molecule has 3 fully saturated rings. The monoisotopic (exact) mass is 391 g/mol. The van der Waals surface area contributed by atoms with Crippen molar-refractivity contribution in [1.82, 2.24) is 16.0 Å². The van der Waals surface area contributed by atoms with E-state index in [0.29, 0.717) is 18.4 Å². The van der Waals surface area contributed by atoms with E-state index in [1.165, 1.54) is 24.9 Å². The summed E-state index contributed by atoms with van der Waals surface area (Å²) in [7, 11) is -1.19. The SMILES string of the molecule is COC1CCC(C2CCC(S(C)(=O)=O)NC2)NC1NCC1CCCS1. The first kappa shape index (κ1) is 19.9. The molecule has 146 valence electrons. The highest BCUT2D eigenvalue weighted by atomic mass is 32.2. The van der Waals surface area contributed by atoms with Crippen molar-refractivity contribution in [3.63, 3.8) is 0 Å². The fourth-order valence-corrected chi connectivity index (χ4v) is 6.55. The lowest BCUT2D eigenvalue weighted by atomic mass is 9.85. The molecular formula is C17H33N3O3S2. The second-order valence-corrected chi connectivity index (χ2v) is 11.3. The molecule has 6 unspecified atom stereocenters. The molecule has 8 heteroatoms. The van der Waals surface area contributed by atoms with Gasteiger partial charge in [0.25, 0.3) is 0 Å². The number of methoxy groups -OCH3 is 1. The van der Waals surface area contributed by atoms with Crippen LogP contribution in [-0.4, -0.2) is 69.6 Å². The molecule has 3 heterocycles. The van der Waals surface area contributed by atoms with E-state index < -0.39 is 9.84 Å². The van der Waals surface area contributed by atoms with Gasteiger partial charge in [0.05, 0.1) is 12.3 Å². The fraction of sp³-hybridized carbons (Fsp3) is 1.00. The molecule has 3 N–H and O–H groups in total. The summed E-state index contributed by atoms with van der Waals surface area (Å²) in [4.78, 5) is 0. The average Bonchev–Trinajstić information content (AvgIpc) is 3.12. The molecule has 3 rings (SSSR count). The first-order valence-electron chi connectivity index (χ1n) is 9.53. The van der Waals surface area contributed by atoms with E-state index in [-0.39, 0.29) is 17.6 Å². The third-order valence-electron chi connectivity index (χ3n) is 5.91. The quantitative estimate of drug-likeness (QED) is 0.622. The number of nitrogens with one attached hydrogen (secondary N) is 3. The third kappa shape index (κ3) is 5.32. The Morgan fingerprint density at radius 1 is 1.20 bits per heavy atom. The maximum atomic E-state index is 11.7. The molecule has 6 nitrogen and oxygen atoms in total. The lowest BCUT2D eigenvalue weighted by molar-refractivity contribution is 0.0124. The van der Waals surface area contributed by atoms with Crippen molar-refractivity contribution in [3.8, 4) is 0 Å². The minimum Gasteiger partial charge on any atom is -0.378 e. The molecule has 3 aliphatic rings. The summed E-state index contributed by atoms with van der Waals surface area (Å²) >= 11 is 2.07. The summed E-state index contributed by atoms with van der Waals surface area (Å²) in [5.74, 6) is 1.77. The summed E-state index contributed by atoms with van der Waals surface area (Å²) < 4.78 is 29.1. The van der Waals surface area contributed by atoms with Gasteiger partial charge < -0.3 is 10.1 Å². The van der Waals surface area contributed by atoms with E-state index in [0.717, 1.165) is 37.6 Å². The van der Waals surface area contributed by atoms with Gasteiger partial charge in [0, 0.05) is 37.7 Å². The summed E-state index contributed by atoms with van der Waals surface area (Å²) in [6.07, 6.45) is 8.19. The van der Waals surface area contributed by atoms with Crippen LogP contribution in [0.1, 0.15) is 38.5 Å². The van der Waals surface area contributed by atoms with Gasteiger partial charge in [0.2, 0.25) is 0 Å². The van der Waals surface area contributed by atoms with Gasteiger partial charge in [-0.2, -0.15) is 11.8 Å². The van der Waals surface area contributed by atoms with Crippen molar-refractivity contribution in [3.05, 3.63) is 0 Å². The number of rotatable bonds is 6. The van der Waals surface area contributed by atoms with Crippen LogP contribution in [0.2, 0.25) is 0 Å². The smallest absolute Gasteiger partial charge is 0.163 e. The van der Waals surface area contributed by atoms with E-state index in [9.17, 15) is 8.42 Å². The number of thioether (sulfide) groups is 1. The molecule has 0 amide bonds. The molecular weight excluding hydrogens is 358 g/mol. The summed E-state index contributed by atoms with van der Waals surface area (Å²) in [5.41, 5.74) is 0. The Morgan fingerprint density at radius 3 is 2.64 bits per heavy atom. The molecule has 25 heavy (non-hydrogen) atoms. The molecule has 3 aliphatic heterocycles. The molecule has 0 aromatic rings. The third-order valence-corrected chi connectivity index (χ3v) is 8.75. The topological polar surface area (TPSA) is 79.5 Å². The summed E-state index contributed by atoms with van der Waals surface area (Å²) in [6.45, 7) is 1.81. The average molecular weight is 392 g/mol. The standard InChI is InChI=1S/C17H33N3O3S2/c1-23-15-7-6-14(12-5-8-16(18-10-12)25(2,21)22)20-17(15)19-11-13-4-3-9-24-13/h12-20H,3-11H2,1-2H3. The Morgan fingerprint density at radius 2 is 2.04 bits per heavy atom. The Hall–Kier alpha value is 0.140. The van der Waals surface area contributed by atoms with Crippen molar-refractivity contribution < 1.29 is 13.2 Å². The first-order valence-corrected chi connectivity index (χ1v) is 12.5. The zero-order valence-corrected chi connectivity index (χ0v) is 17.0. The Labute approximate surface area is 156 Å². The van der Waals surface area contributed by atoms with Gasteiger partial charge in [-0.25, -0.2) is 8.42 Å². The van der Waals surface area contributed by atoms with Crippen LogP contribution < -0.4 is 16.0 Å². The van der Waals surface area contributed by atoms with Crippen molar-refractivity contribution in [2.75, 3.05) is 32.2 Å². The predicted octanol–water partition coefficient (Wildman–Crippen LogP) is 0.935. The van der Waals surface area contributed by atoms with Crippen LogP contribution in [0.5, 0.6) is 0 Å². The Balaban J connectivity index is 1.51. The number of sulfone groups is 1. The van der Waals surface area contributed by atoms with E-state index in [1.54, 1.807) is 7.11 Å². The maximum absolute atomic E-state index is 11.7. The molecule has 0 bridgehead atoms. The molecule has 0 aromatic carbocycles. The predicted molar refractivity (Wildman–Crippen MR) is 104 cm³/mol. The van der Waals surface area contributed by atoms with E-state index in [2.05, 4.69) is 27.7 Å². The molecule has 6 atom stereocenters. The highest BCUT2D eigenvalue weighted by Gasteiger charge is 2.37. The molecule has 3 saturated heterocycles. The maximum Gasteiger partial charge on any atom is 0.163 e. The van der Waals surface area contributed by atoms with Crippen LogP contribution >= 0.6 is 11.8 Å². The van der Waals surface area contributed by atoms with Crippen LogP contribution in [0.15, 0.2) is 0 Å². The van der Waals surface area contributed by atoms with Gasteiger partial charge in [0.1, 0.15) is 5.37 Å². The number of piperidine rings is 2. The molecule has 0 saturated carbocycles. The summed E-state index contributed by atoms with van der Waals surface area (Å²) in [6, 6.07) is 0.424. The number of hydrogen-bond acceptors (Lipinski definition) is 7. The van der Waals surface area contributed by atoms with E-state index >= 15 is 0 Å². The van der Waals surface area contributed by atoms with E-state index in [4.69, 9.17) is 4.74 Å². The molecule has 0 radical (unpaired) electrons. The van der Waals surface area contributed by atoms with Crippen molar-refractivity contribution in [1.29, 1.82) is 0 Å². The van der Waals surface area contributed by atoms with Crippen molar-refractivity contribution >= 4 is 21.6 Å². The van der Waals surface area contributed by atoms with Crippen LogP contribution in [0, 0.1) is 5.92 Å². The molecule has 0 spiro atoms. The van der Waals surface area contributed by atoms with Gasteiger partial charge in [-0.3, -0.25) is 10.6 Å². The highest BCUT2D eigenvalue weighted by Crippen LogP contribution is 2.28. The lowest BCUT2D eigenvalue weighted by Gasteiger charge is -2.42. The molecule has 0 aliphatic carbocycles. The van der Waals surface area contributed by atoms with Crippen molar-refractivity contribution in [2.24, 2.45) is 5.92 Å². The Bertz CT molecular complexity index is 517. The highest BCUT2D eigenvalue weighted by molar-refractivity contribution is 8.00. The van der Waals surface area contributed by atoms with Crippen molar-refractivity contribution in [2.45, 2.75) is 67.5 Å². The zero-order valence-electron chi connectivity index (χ0n) is 15.4. The van der Waals surface area contributed by atoms with Crippen LogP contribution in [0.3, 0.4) is 0 Å². The first-order chi connectivity index (χ1) is 12.0. The summed E-state index contributed by atoms with van der Waals surface area (Å²) in [5, 5.41) is 11.1. The number of hydrogen-bond donors (Lipinski definition) is 3.